The largest absolute Gasteiger partial charge is 0.494 e. The maximum absolute atomic E-state index is 13.2. The van der Waals surface area contributed by atoms with Gasteiger partial charge in [-0.15, -0.1) is 0 Å². The van der Waals surface area contributed by atoms with Gasteiger partial charge in [-0.1, -0.05) is 86.6 Å². The summed E-state index contributed by atoms with van der Waals surface area (Å²) in [5, 5.41) is 13.9. The molecule has 10 heteroatoms. The van der Waals surface area contributed by atoms with Crippen LogP contribution in [0.15, 0.2) is 72.8 Å². The summed E-state index contributed by atoms with van der Waals surface area (Å²) < 4.78 is 17.8. The Labute approximate surface area is 277 Å². The molecule has 0 spiro atoms. The van der Waals surface area contributed by atoms with Gasteiger partial charge >= 0.3 is 13.2 Å². The predicted molar refractivity (Wildman–Crippen MR) is 183 cm³/mol. The topological polar surface area (TPSA) is 127 Å². The molecule has 0 saturated carbocycles. The lowest BCUT2D eigenvalue weighted by Crippen LogP contribution is -2.53. The Balaban J connectivity index is 1.13. The van der Waals surface area contributed by atoms with Crippen LogP contribution in [0.2, 0.25) is 0 Å². The summed E-state index contributed by atoms with van der Waals surface area (Å²) in [7, 11) is -0.518. The molecule has 2 unspecified atom stereocenters. The SMILES string of the molecule is CC(NC(=O)C(NC(=O)OCC1c2ccccc2-c2ccccc21)C(C)C)C(=O)CC(=N)c1ccc(B2OC(C)(C)C(C)(C)O2)cc1. The molecule has 1 saturated heterocycles. The van der Waals surface area contributed by atoms with Crippen molar-refractivity contribution in [2.45, 2.75) is 84.1 Å². The summed E-state index contributed by atoms with van der Waals surface area (Å²) in [5.41, 5.74) is 5.07. The fourth-order valence-corrected chi connectivity index (χ4v) is 5.94. The quantitative estimate of drug-likeness (QED) is 0.192. The molecule has 3 N–H and O–H groups in total. The van der Waals surface area contributed by atoms with Crippen molar-refractivity contribution in [1.82, 2.24) is 10.6 Å². The molecule has 47 heavy (non-hydrogen) atoms. The molecule has 0 bridgehead atoms. The maximum Gasteiger partial charge on any atom is 0.494 e. The Kier molecular flexibility index (Phi) is 9.75. The first-order chi connectivity index (χ1) is 22.2. The van der Waals surface area contributed by atoms with Gasteiger partial charge in [0.1, 0.15) is 12.6 Å². The Bertz CT molecular complexity index is 1610. The molecule has 0 aromatic heterocycles. The molecule has 5 rings (SSSR count). The van der Waals surface area contributed by atoms with E-state index < -0.39 is 42.4 Å². The van der Waals surface area contributed by atoms with Gasteiger partial charge in [0.2, 0.25) is 5.91 Å². The highest BCUT2D eigenvalue weighted by molar-refractivity contribution is 6.62. The van der Waals surface area contributed by atoms with Gasteiger partial charge in [0, 0.05) is 11.6 Å². The summed E-state index contributed by atoms with van der Waals surface area (Å²) in [4.78, 5) is 39.2. The molecule has 2 atom stereocenters. The van der Waals surface area contributed by atoms with Gasteiger partial charge in [-0.25, -0.2) is 4.79 Å². The van der Waals surface area contributed by atoms with Crippen LogP contribution in [0.5, 0.6) is 0 Å². The number of hydrogen-bond donors (Lipinski definition) is 3. The lowest BCUT2D eigenvalue weighted by Gasteiger charge is -2.32. The number of amides is 2. The van der Waals surface area contributed by atoms with E-state index in [2.05, 4.69) is 22.8 Å². The van der Waals surface area contributed by atoms with Gasteiger partial charge < -0.3 is 30.1 Å². The third kappa shape index (κ3) is 7.19. The summed E-state index contributed by atoms with van der Waals surface area (Å²) >= 11 is 0. The molecule has 3 aromatic carbocycles. The molecule has 2 amide bonds. The van der Waals surface area contributed by atoms with Crippen LogP contribution in [0.1, 0.15) is 77.5 Å². The molecule has 246 valence electrons. The number of alkyl carbamates (subject to hydrolysis) is 1. The fourth-order valence-electron chi connectivity index (χ4n) is 5.94. The van der Waals surface area contributed by atoms with Crippen LogP contribution in [-0.4, -0.2) is 60.5 Å². The highest BCUT2D eigenvalue weighted by atomic mass is 16.7. The van der Waals surface area contributed by atoms with Crippen molar-refractivity contribution < 1.29 is 28.4 Å². The van der Waals surface area contributed by atoms with Crippen LogP contribution in [0.3, 0.4) is 0 Å². The Morgan fingerprint density at radius 3 is 1.89 bits per heavy atom. The van der Waals surface area contributed by atoms with Gasteiger partial charge in [-0.3, -0.25) is 9.59 Å². The van der Waals surface area contributed by atoms with Crippen LogP contribution < -0.4 is 16.1 Å². The molecule has 2 aliphatic rings. The monoisotopic (exact) mass is 637 g/mol. The molecular formula is C37H44BN3O6. The fraction of sp³-hybridized carbons (Fsp3) is 0.405. The van der Waals surface area contributed by atoms with Gasteiger partial charge in [0.25, 0.3) is 0 Å². The van der Waals surface area contributed by atoms with Crippen LogP contribution in [0, 0.1) is 11.3 Å². The van der Waals surface area contributed by atoms with Gasteiger partial charge in [0.05, 0.1) is 23.7 Å². The second kappa shape index (κ2) is 13.5. The van der Waals surface area contributed by atoms with Crippen molar-refractivity contribution in [2.75, 3.05) is 6.61 Å². The minimum Gasteiger partial charge on any atom is -0.449 e. The molecule has 3 aromatic rings. The van der Waals surface area contributed by atoms with E-state index in [1.54, 1.807) is 19.1 Å². The number of Topliss-reactive ketones (excluding diaryl/α,β-unsaturated/α-hetero) is 1. The Hall–Kier alpha value is -4.28. The average Bonchev–Trinajstić information content (AvgIpc) is 3.46. The van der Waals surface area contributed by atoms with Crippen molar-refractivity contribution in [1.29, 1.82) is 5.41 Å². The summed E-state index contributed by atoms with van der Waals surface area (Å²) in [6.07, 6.45) is -0.867. The molecule has 1 fully saturated rings. The van der Waals surface area contributed by atoms with Crippen LogP contribution in [0.25, 0.3) is 11.1 Å². The number of fused-ring (bicyclic) bond motifs is 3. The van der Waals surface area contributed by atoms with E-state index in [0.717, 1.165) is 27.7 Å². The smallest absolute Gasteiger partial charge is 0.449 e. The van der Waals surface area contributed by atoms with Crippen molar-refractivity contribution in [3.8, 4) is 11.1 Å². The van der Waals surface area contributed by atoms with Crippen molar-refractivity contribution in [3.63, 3.8) is 0 Å². The first-order valence-electron chi connectivity index (χ1n) is 16.2. The maximum atomic E-state index is 13.2. The van der Waals surface area contributed by atoms with E-state index in [4.69, 9.17) is 19.5 Å². The van der Waals surface area contributed by atoms with Crippen molar-refractivity contribution in [3.05, 3.63) is 89.5 Å². The highest BCUT2D eigenvalue weighted by Gasteiger charge is 2.51. The lowest BCUT2D eigenvalue weighted by atomic mass is 9.78. The average molecular weight is 638 g/mol. The summed E-state index contributed by atoms with van der Waals surface area (Å²) in [6, 6.07) is 21.6. The van der Waals surface area contributed by atoms with Crippen molar-refractivity contribution >= 4 is 36.1 Å². The Morgan fingerprint density at radius 1 is 0.830 bits per heavy atom. The van der Waals surface area contributed by atoms with Gasteiger partial charge in [0.15, 0.2) is 5.78 Å². The highest BCUT2D eigenvalue weighted by Crippen LogP contribution is 2.44. The number of rotatable bonds is 11. The first-order valence-corrected chi connectivity index (χ1v) is 16.2. The molecule has 1 aliphatic heterocycles. The molecule has 1 aliphatic carbocycles. The zero-order valence-electron chi connectivity index (χ0n) is 28.2. The second-order valence-corrected chi connectivity index (χ2v) is 13.8. The number of carbonyl (C=O) groups excluding carboxylic acids is 3. The van der Waals surface area contributed by atoms with Crippen LogP contribution >= 0.6 is 0 Å². The minimum atomic E-state index is -0.914. The van der Waals surface area contributed by atoms with E-state index in [0.29, 0.717) is 5.56 Å². The third-order valence-corrected chi connectivity index (χ3v) is 9.54. The van der Waals surface area contributed by atoms with Crippen LogP contribution in [0.4, 0.5) is 4.79 Å². The molecular weight excluding hydrogens is 593 g/mol. The van der Waals surface area contributed by atoms with Crippen LogP contribution in [-0.2, 0) is 23.6 Å². The minimum absolute atomic E-state index is 0.104. The standard InChI is InChI=1S/C37H44BN3O6/c1-22(2)33(41-35(44)45-21-30-28-14-10-8-12-26(28)27-13-9-11-15-29(27)30)34(43)40-23(3)32(42)20-31(39)24-16-18-25(19-17-24)38-46-36(4,5)37(6,7)47-38/h8-19,22-23,30,33,39H,20-21H2,1-7H3,(H,40,43)(H,41,44). The number of benzene rings is 3. The van der Waals surface area contributed by atoms with E-state index in [1.165, 1.54) is 0 Å². The number of carbonyl (C=O) groups is 3. The number of nitrogens with one attached hydrogen (secondary N) is 3. The van der Waals surface area contributed by atoms with Gasteiger partial charge in [-0.2, -0.15) is 0 Å². The normalized spacial score (nSPS) is 17.4. The van der Waals surface area contributed by atoms with Gasteiger partial charge in [-0.05, 0) is 73.8 Å². The molecule has 9 nitrogen and oxygen atoms in total. The van der Waals surface area contributed by atoms with E-state index >= 15 is 0 Å². The summed E-state index contributed by atoms with van der Waals surface area (Å²) in [6.45, 7) is 13.3. The van der Waals surface area contributed by atoms with E-state index in [1.807, 2.05) is 90.1 Å². The predicted octanol–water partition coefficient (Wildman–Crippen LogP) is 5.38. The third-order valence-electron chi connectivity index (χ3n) is 9.54. The zero-order chi connectivity index (χ0) is 34.1. The van der Waals surface area contributed by atoms with Crippen molar-refractivity contribution in [2.24, 2.45) is 5.92 Å². The Morgan fingerprint density at radius 2 is 1.36 bits per heavy atom. The summed E-state index contributed by atoms with van der Waals surface area (Å²) in [5.74, 6) is -1.18. The number of ketones is 1. The van der Waals surface area contributed by atoms with E-state index in [-0.39, 0.29) is 36.4 Å². The second-order valence-electron chi connectivity index (χ2n) is 13.8. The lowest BCUT2D eigenvalue weighted by molar-refractivity contribution is -0.128. The zero-order valence-corrected chi connectivity index (χ0v) is 28.2. The molecule has 0 radical (unpaired) electrons. The first kappa shape index (κ1) is 34.1. The number of ether oxygens (including phenoxy) is 1. The molecule has 1 heterocycles. The van der Waals surface area contributed by atoms with E-state index in [9.17, 15) is 14.4 Å². The number of hydrogen-bond acceptors (Lipinski definition) is 7.